The molecule has 1 aromatic carbocycles. The number of hydrogen-bond donors (Lipinski definition) is 1. The lowest BCUT2D eigenvalue weighted by molar-refractivity contribution is 0.129. The number of hydrogen-bond acceptors (Lipinski definition) is 4. The summed E-state index contributed by atoms with van der Waals surface area (Å²) in [6.45, 7) is 9.14. The van der Waals surface area contributed by atoms with E-state index in [1.807, 2.05) is 30.3 Å². The Balaban J connectivity index is 0.00000338. The van der Waals surface area contributed by atoms with Crippen LogP contribution >= 0.6 is 12.4 Å². The fourth-order valence-corrected chi connectivity index (χ4v) is 3.39. The van der Waals surface area contributed by atoms with Gasteiger partial charge in [-0.25, -0.2) is 0 Å². The smallest absolute Gasteiger partial charge is 0.119 e. The first-order chi connectivity index (χ1) is 12.4. The van der Waals surface area contributed by atoms with Gasteiger partial charge in [0.1, 0.15) is 5.75 Å². The molecule has 1 aromatic rings. The number of halogens is 1. The van der Waals surface area contributed by atoms with Crippen molar-refractivity contribution < 1.29 is 4.74 Å². The first-order valence-corrected chi connectivity index (χ1v) is 10.2. The van der Waals surface area contributed by atoms with E-state index in [2.05, 4.69) is 9.80 Å². The molecular formula is C21H38ClN3O. The zero-order valence-electron chi connectivity index (χ0n) is 16.3. The third-order valence-electron chi connectivity index (χ3n) is 5.02. The van der Waals surface area contributed by atoms with Gasteiger partial charge >= 0.3 is 0 Å². The van der Waals surface area contributed by atoms with Crippen molar-refractivity contribution in [3.05, 3.63) is 30.3 Å². The van der Waals surface area contributed by atoms with Crippen LogP contribution in [0.2, 0.25) is 0 Å². The molecule has 5 heteroatoms. The number of para-hydroxylation sites is 1. The van der Waals surface area contributed by atoms with Crippen molar-refractivity contribution in [3.8, 4) is 5.75 Å². The van der Waals surface area contributed by atoms with E-state index in [1.165, 1.54) is 71.4 Å². The van der Waals surface area contributed by atoms with Crippen molar-refractivity contribution in [2.45, 2.75) is 44.9 Å². The highest BCUT2D eigenvalue weighted by Gasteiger charge is 2.15. The van der Waals surface area contributed by atoms with Gasteiger partial charge < -0.3 is 20.3 Å². The van der Waals surface area contributed by atoms with E-state index in [1.54, 1.807) is 0 Å². The average Bonchev–Trinajstić information content (AvgIpc) is 2.66. The minimum Gasteiger partial charge on any atom is -0.494 e. The first-order valence-electron chi connectivity index (χ1n) is 10.2. The molecule has 0 unspecified atom stereocenters. The van der Waals surface area contributed by atoms with E-state index in [9.17, 15) is 0 Å². The maximum atomic E-state index is 5.73. The van der Waals surface area contributed by atoms with Crippen LogP contribution in [0.25, 0.3) is 0 Å². The summed E-state index contributed by atoms with van der Waals surface area (Å²) in [7, 11) is 0. The second-order valence-corrected chi connectivity index (χ2v) is 7.11. The lowest BCUT2D eigenvalue weighted by Crippen LogP contribution is -2.46. The van der Waals surface area contributed by atoms with Crippen LogP contribution in [0.1, 0.15) is 44.9 Å². The third kappa shape index (κ3) is 10.4. The maximum absolute atomic E-state index is 5.73. The highest BCUT2D eigenvalue weighted by Crippen LogP contribution is 2.11. The van der Waals surface area contributed by atoms with Gasteiger partial charge in [-0.15, -0.1) is 12.4 Å². The molecule has 0 aliphatic carbocycles. The Morgan fingerprint density at radius 3 is 1.88 bits per heavy atom. The lowest BCUT2D eigenvalue weighted by atomic mass is 10.1. The van der Waals surface area contributed by atoms with Crippen LogP contribution in [0.5, 0.6) is 5.75 Å². The topological polar surface area (TPSA) is 41.7 Å². The van der Waals surface area contributed by atoms with Crippen LogP contribution in [0.3, 0.4) is 0 Å². The van der Waals surface area contributed by atoms with Crippen molar-refractivity contribution in [1.29, 1.82) is 0 Å². The van der Waals surface area contributed by atoms with Crippen molar-refractivity contribution in [1.82, 2.24) is 9.80 Å². The quantitative estimate of drug-likeness (QED) is 0.526. The van der Waals surface area contributed by atoms with Crippen LogP contribution in [0.4, 0.5) is 0 Å². The molecule has 2 N–H and O–H groups in total. The van der Waals surface area contributed by atoms with Crippen molar-refractivity contribution in [2.75, 3.05) is 52.4 Å². The number of piperazine rings is 1. The standard InChI is InChI=1S/C21H37N3O.ClH/c22-13-7-9-15-24-18-16-23(17-19-24)14-8-2-1-3-10-20-25-21-11-5-4-6-12-21;/h4-6,11-12H,1-3,7-10,13-20,22H2;1H. The number of nitrogens with two attached hydrogens (primary N) is 1. The molecule has 0 aromatic heterocycles. The molecule has 1 aliphatic rings. The Morgan fingerprint density at radius 2 is 1.27 bits per heavy atom. The highest BCUT2D eigenvalue weighted by atomic mass is 35.5. The first kappa shape index (κ1) is 23.2. The molecule has 0 saturated carbocycles. The van der Waals surface area contributed by atoms with Crippen LogP contribution in [0.15, 0.2) is 30.3 Å². The molecule has 0 spiro atoms. The van der Waals surface area contributed by atoms with E-state index in [4.69, 9.17) is 10.5 Å². The largest absolute Gasteiger partial charge is 0.494 e. The number of ether oxygens (including phenoxy) is 1. The zero-order valence-corrected chi connectivity index (χ0v) is 17.1. The molecule has 150 valence electrons. The Bertz CT molecular complexity index is 425. The van der Waals surface area contributed by atoms with Gasteiger partial charge in [0.25, 0.3) is 0 Å². The normalized spacial score (nSPS) is 15.6. The average molecular weight is 384 g/mol. The van der Waals surface area contributed by atoms with Crippen LogP contribution in [0, 0.1) is 0 Å². The molecule has 2 rings (SSSR count). The summed E-state index contributed by atoms with van der Waals surface area (Å²) in [6.07, 6.45) is 8.88. The monoisotopic (exact) mass is 383 g/mol. The Morgan fingerprint density at radius 1 is 0.731 bits per heavy atom. The summed E-state index contributed by atoms with van der Waals surface area (Å²) >= 11 is 0. The van der Waals surface area contributed by atoms with Gasteiger partial charge in [-0.2, -0.15) is 0 Å². The maximum Gasteiger partial charge on any atom is 0.119 e. The number of benzene rings is 1. The predicted molar refractivity (Wildman–Crippen MR) is 113 cm³/mol. The minimum atomic E-state index is 0. The molecule has 1 heterocycles. The molecule has 0 radical (unpaired) electrons. The Labute approximate surface area is 166 Å². The van der Waals surface area contributed by atoms with E-state index in [-0.39, 0.29) is 12.4 Å². The summed E-state index contributed by atoms with van der Waals surface area (Å²) in [4.78, 5) is 5.23. The predicted octanol–water partition coefficient (Wildman–Crippen LogP) is 3.79. The summed E-state index contributed by atoms with van der Waals surface area (Å²) in [5.41, 5.74) is 5.57. The SMILES string of the molecule is Cl.NCCCCN1CCN(CCCCCCCOc2ccccc2)CC1. The number of unbranched alkanes of at least 4 members (excludes halogenated alkanes) is 5. The van der Waals surface area contributed by atoms with Gasteiger partial charge in [0.15, 0.2) is 0 Å². The molecule has 26 heavy (non-hydrogen) atoms. The summed E-state index contributed by atoms with van der Waals surface area (Å²) in [6, 6.07) is 10.1. The van der Waals surface area contributed by atoms with Crippen molar-refractivity contribution >= 4 is 12.4 Å². The number of nitrogens with zero attached hydrogens (tertiary/aromatic N) is 2. The molecular weight excluding hydrogens is 346 g/mol. The van der Waals surface area contributed by atoms with Gasteiger partial charge in [-0.3, -0.25) is 0 Å². The number of rotatable bonds is 13. The van der Waals surface area contributed by atoms with Crippen LogP contribution in [-0.2, 0) is 0 Å². The summed E-state index contributed by atoms with van der Waals surface area (Å²) in [5.74, 6) is 0.990. The van der Waals surface area contributed by atoms with E-state index in [0.29, 0.717) is 0 Å². The lowest BCUT2D eigenvalue weighted by Gasteiger charge is -2.34. The second-order valence-electron chi connectivity index (χ2n) is 7.11. The van der Waals surface area contributed by atoms with Crippen molar-refractivity contribution in [2.24, 2.45) is 5.73 Å². The minimum absolute atomic E-state index is 0. The highest BCUT2D eigenvalue weighted by molar-refractivity contribution is 5.85. The van der Waals surface area contributed by atoms with E-state index >= 15 is 0 Å². The van der Waals surface area contributed by atoms with Gasteiger partial charge in [0, 0.05) is 26.2 Å². The van der Waals surface area contributed by atoms with Crippen molar-refractivity contribution in [3.63, 3.8) is 0 Å². The van der Waals surface area contributed by atoms with Gasteiger partial charge in [-0.05, 0) is 57.5 Å². The fourth-order valence-electron chi connectivity index (χ4n) is 3.39. The fraction of sp³-hybridized carbons (Fsp3) is 0.714. The Kier molecular flexibility index (Phi) is 13.6. The van der Waals surface area contributed by atoms with Gasteiger partial charge in [0.2, 0.25) is 0 Å². The summed E-state index contributed by atoms with van der Waals surface area (Å²) in [5, 5.41) is 0. The molecule has 0 bridgehead atoms. The van der Waals surface area contributed by atoms with Crippen LogP contribution in [-0.4, -0.2) is 62.2 Å². The second kappa shape index (κ2) is 15.3. The molecule has 1 fully saturated rings. The molecule has 1 saturated heterocycles. The van der Waals surface area contributed by atoms with Gasteiger partial charge in [-0.1, -0.05) is 37.5 Å². The summed E-state index contributed by atoms with van der Waals surface area (Å²) < 4.78 is 5.73. The third-order valence-corrected chi connectivity index (χ3v) is 5.02. The zero-order chi connectivity index (χ0) is 17.6. The van der Waals surface area contributed by atoms with E-state index < -0.39 is 0 Å². The van der Waals surface area contributed by atoms with E-state index in [0.717, 1.165) is 31.7 Å². The molecule has 0 amide bonds. The molecule has 1 aliphatic heterocycles. The van der Waals surface area contributed by atoms with Crippen LogP contribution < -0.4 is 10.5 Å². The Hall–Kier alpha value is -0.810. The van der Waals surface area contributed by atoms with Gasteiger partial charge in [0.05, 0.1) is 6.61 Å². The molecule has 0 atom stereocenters. The molecule has 4 nitrogen and oxygen atoms in total.